The first-order chi connectivity index (χ1) is 10.2. The molecule has 0 saturated carbocycles. The van der Waals surface area contributed by atoms with E-state index >= 15 is 0 Å². The van der Waals surface area contributed by atoms with Crippen molar-refractivity contribution in [3.63, 3.8) is 0 Å². The predicted octanol–water partition coefficient (Wildman–Crippen LogP) is 2.37. The monoisotopic (exact) mass is 374 g/mol. The normalized spacial score (nSPS) is 11.7. The van der Waals surface area contributed by atoms with Crippen molar-refractivity contribution >= 4 is 33.8 Å². The zero-order valence-corrected chi connectivity index (χ0v) is 13.9. The number of esters is 1. The molecule has 0 aliphatic rings. The van der Waals surface area contributed by atoms with Crippen LogP contribution in [0.5, 0.6) is 0 Å². The Balaban J connectivity index is 2.65. The van der Waals surface area contributed by atoms with Gasteiger partial charge in [0.2, 0.25) is 0 Å². The molecule has 3 amide bonds. The van der Waals surface area contributed by atoms with Gasteiger partial charge in [-0.2, -0.15) is 0 Å². The molecule has 8 heteroatoms. The van der Waals surface area contributed by atoms with Crippen molar-refractivity contribution in [1.82, 2.24) is 10.6 Å². The number of carbonyl (C=O) groups excluding carboxylic acids is 3. The third kappa shape index (κ3) is 5.44. The smallest absolute Gasteiger partial charge is 0.341 e. The molecule has 0 fully saturated rings. The first-order valence-electron chi connectivity index (χ1n) is 6.48. The van der Waals surface area contributed by atoms with Gasteiger partial charge < -0.3 is 10.1 Å². The second kappa shape index (κ2) is 7.88. The Kier molecular flexibility index (Phi) is 6.48. The number of carbonyl (C=O) groups is 3. The molecule has 1 aromatic rings. The Hall–Kier alpha value is -1.96. The minimum atomic E-state index is -1.25. The molecule has 1 atom stereocenters. The van der Waals surface area contributed by atoms with E-state index in [0.717, 1.165) is 6.07 Å². The number of nitrogens with one attached hydrogen (secondary N) is 2. The highest BCUT2D eigenvalue weighted by Crippen LogP contribution is 2.17. The van der Waals surface area contributed by atoms with Crippen LogP contribution >= 0.6 is 15.9 Å². The Morgan fingerprint density at radius 2 is 1.86 bits per heavy atom. The molecule has 120 valence electrons. The van der Waals surface area contributed by atoms with E-state index in [9.17, 15) is 18.8 Å². The summed E-state index contributed by atoms with van der Waals surface area (Å²) in [5.41, 5.74) is -0.305. The summed E-state index contributed by atoms with van der Waals surface area (Å²) in [7, 11) is 0. The van der Waals surface area contributed by atoms with Gasteiger partial charge in [0, 0.05) is 10.5 Å². The number of benzene rings is 1. The molecule has 0 saturated heterocycles. The van der Waals surface area contributed by atoms with Gasteiger partial charge in [-0.25, -0.2) is 14.0 Å². The van der Waals surface area contributed by atoms with E-state index in [1.54, 1.807) is 13.8 Å². The third-order valence-corrected chi connectivity index (χ3v) is 2.95. The summed E-state index contributed by atoms with van der Waals surface area (Å²) < 4.78 is 18.9. The van der Waals surface area contributed by atoms with Crippen molar-refractivity contribution in [1.29, 1.82) is 0 Å². The molecule has 2 N–H and O–H groups in total. The number of rotatable bonds is 4. The van der Waals surface area contributed by atoms with E-state index in [1.807, 2.05) is 5.32 Å². The number of imide groups is 1. The minimum absolute atomic E-state index is 0.151. The Bertz CT molecular complexity index is 592. The fourth-order valence-electron chi connectivity index (χ4n) is 1.44. The lowest BCUT2D eigenvalue weighted by molar-refractivity contribution is -0.127. The molecule has 1 rings (SSSR count). The standard InChI is InChI=1S/C14H16BrFN2O4/c1-7(2)17-14(21)18-12(19)8(3)22-13(20)10-6-9(15)4-5-11(10)16/h4-8H,1-3H3,(H2,17,18,19,21). The Labute approximate surface area is 135 Å². The minimum Gasteiger partial charge on any atom is -0.449 e. The molecule has 0 aliphatic heterocycles. The number of urea groups is 1. The largest absolute Gasteiger partial charge is 0.449 e. The molecule has 1 aromatic carbocycles. The predicted molar refractivity (Wildman–Crippen MR) is 80.8 cm³/mol. The molecular formula is C14H16BrFN2O4. The van der Waals surface area contributed by atoms with Crippen molar-refractivity contribution in [2.45, 2.75) is 32.9 Å². The van der Waals surface area contributed by atoms with Crippen LogP contribution in [0.2, 0.25) is 0 Å². The van der Waals surface area contributed by atoms with E-state index in [0.29, 0.717) is 4.47 Å². The highest BCUT2D eigenvalue weighted by molar-refractivity contribution is 9.10. The summed E-state index contributed by atoms with van der Waals surface area (Å²) in [6.45, 7) is 4.73. The van der Waals surface area contributed by atoms with Gasteiger partial charge in [-0.15, -0.1) is 0 Å². The van der Waals surface area contributed by atoms with Gasteiger partial charge in [-0.05, 0) is 39.0 Å². The van der Waals surface area contributed by atoms with Crippen molar-refractivity contribution in [3.05, 3.63) is 34.1 Å². The van der Waals surface area contributed by atoms with Crippen molar-refractivity contribution in [2.24, 2.45) is 0 Å². The van der Waals surface area contributed by atoms with Gasteiger partial charge in [0.25, 0.3) is 5.91 Å². The average molecular weight is 375 g/mol. The van der Waals surface area contributed by atoms with E-state index in [-0.39, 0.29) is 11.6 Å². The van der Waals surface area contributed by atoms with Crippen LogP contribution in [-0.2, 0) is 9.53 Å². The molecule has 6 nitrogen and oxygen atoms in total. The van der Waals surface area contributed by atoms with Crippen LogP contribution in [0, 0.1) is 5.82 Å². The summed E-state index contributed by atoms with van der Waals surface area (Å²) in [6, 6.07) is 2.92. The molecular weight excluding hydrogens is 359 g/mol. The lowest BCUT2D eigenvalue weighted by atomic mass is 10.2. The molecule has 0 heterocycles. The molecule has 0 aliphatic carbocycles. The molecule has 0 spiro atoms. The van der Waals surface area contributed by atoms with Gasteiger partial charge in [0.05, 0.1) is 5.56 Å². The topological polar surface area (TPSA) is 84.5 Å². The zero-order chi connectivity index (χ0) is 16.9. The van der Waals surface area contributed by atoms with Crippen molar-refractivity contribution in [3.8, 4) is 0 Å². The van der Waals surface area contributed by atoms with Crippen LogP contribution in [0.15, 0.2) is 22.7 Å². The average Bonchev–Trinajstić information content (AvgIpc) is 2.40. The van der Waals surface area contributed by atoms with E-state index in [4.69, 9.17) is 4.74 Å². The maximum atomic E-state index is 13.5. The quantitative estimate of drug-likeness (QED) is 0.792. The van der Waals surface area contributed by atoms with Crippen LogP contribution in [0.4, 0.5) is 9.18 Å². The van der Waals surface area contributed by atoms with Gasteiger partial charge >= 0.3 is 12.0 Å². The summed E-state index contributed by atoms with van der Waals surface area (Å²) >= 11 is 3.11. The van der Waals surface area contributed by atoms with Crippen LogP contribution in [0.1, 0.15) is 31.1 Å². The van der Waals surface area contributed by atoms with E-state index in [1.165, 1.54) is 19.1 Å². The molecule has 0 radical (unpaired) electrons. The Morgan fingerprint density at radius 3 is 2.45 bits per heavy atom. The van der Waals surface area contributed by atoms with Gasteiger partial charge in [0.1, 0.15) is 5.82 Å². The van der Waals surface area contributed by atoms with E-state index in [2.05, 4.69) is 21.2 Å². The summed E-state index contributed by atoms with van der Waals surface area (Å²) in [5, 5.41) is 4.48. The van der Waals surface area contributed by atoms with E-state index < -0.39 is 29.8 Å². The van der Waals surface area contributed by atoms with Gasteiger partial charge in [0.15, 0.2) is 6.10 Å². The fourth-order valence-corrected chi connectivity index (χ4v) is 1.80. The first-order valence-corrected chi connectivity index (χ1v) is 7.27. The van der Waals surface area contributed by atoms with Crippen LogP contribution in [0.25, 0.3) is 0 Å². The van der Waals surface area contributed by atoms with Crippen molar-refractivity contribution in [2.75, 3.05) is 0 Å². The highest BCUT2D eigenvalue weighted by Gasteiger charge is 2.22. The lowest BCUT2D eigenvalue weighted by Crippen LogP contribution is -2.46. The SMILES string of the molecule is CC(C)NC(=O)NC(=O)C(C)OC(=O)c1cc(Br)ccc1F. The van der Waals surface area contributed by atoms with Crippen LogP contribution < -0.4 is 10.6 Å². The Morgan fingerprint density at radius 1 is 1.23 bits per heavy atom. The number of amides is 3. The fraction of sp³-hybridized carbons (Fsp3) is 0.357. The number of hydrogen-bond acceptors (Lipinski definition) is 4. The van der Waals surface area contributed by atoms with Crippen LogP contribution in [0.3, 0.4) is 0 Å². The van der Waals surface area contributed by atoms with Crippen LogP contribution in [-0.4, -0.2) is 30.1 Å². The van der Waals surface area contributed by atoms with Gasteiger partial charge in [-0.1, -0.05) is 15.9 Å². The molecule has 0 aromatic heterocycles. The summed E-state index contributed by atoms with van der Waals surface area (Å²) in [6.07, 6.45) is -1.25. The van der Waals surface area contributed by atoms with Gasteiger partial charge in [-0.3, -0.25) is 10.1 Å². The zero-order valence-electron chi connectivity index (χ0n) is 12.3. The maximum absolute atomic E-state index is 13.5. The molecule has 0 bridgehead atoms. The molecule has 22 heavy (non-hydrogen) atoms. The maximum Gasteiger partial charge on any atom is 0.341 e. The third-order valence-electron chi connectivity index (χ3n) is 2.46. The highest BCUT2D eigenvalue weighted by atomic mass is 79.9. The summed E-state index contributed by atoms with van der Waals surface area (Å²) in [4.78, 5) is 34.9. The lowest BCUT2D eigenvalue weighted by Gasteiger charge is -2.14. The summed E-state index contributed by atoms with van der Waals surface area (Å²) in [5.74, 6) is -2.56. The first kappa shape index (κ1) is 18.1. The number of halogens is 2. The van der Waals surface area contributed by atoms with Crippen molar-refractivity contribution < 1.29 is 23.5 Å². The molecule has 1 unspecified atom stereocenters. The second-order valence-corrected chi connectivity index (χ2v) is 5.70. The number of ether oxygens (including phenoxy) is 1. The second-order valence-electron chi connectivity index (χ2n) is 4.79. The number of hydrogen-bond donors (Lipinski definition) is 2.